The summed E-state index contributed by atoms with van der Waals surface area (Å²) in [5, 5.41) is 6.79. The molecule has 10 heteroatoms. The van der Waals surface area contributed by atoms with Gasteiger partial charge in [-0.2, -0.15) is 5.10 Å². The molecule has 2 atom stereocenters. The van der Waals surface area contributed by atoms with Crippen molar-refractivity contribution in [1.29, 1.82) is 0 Å². The summed E-state index contributed by atoms with van der Waals surface area (Å²) in [4.78, 5) is 26.9. The largest absolute Gasteiger partial charge is 0.493 e. The number of carbonyl (C=O) groups excluding carboxylic acids is 2. The van der Waals surface area contributed by atoms with Crippen LogP contribution in [0.5, 0.6) is 11.5 Å². The molecule has 2 aromatic rings. The number of hydrogen-bond acceptors (Lipinski definition) is 5. The Balaban J connectivity index is 1.59. The van der Waals surface area contributed by atoms with Gasteiger partial charge >= 0.3 is 0 Å². The predicted molar refractivity (Wildman–Crippen MR) is 103 cm³/mol. The van der Waals surface area contributed by atoms with Crippen molar-refractivity contribution in [2.24, 2.45) is 11.8 Å². The number of rotatable bonds is 6. The highest BCUT2D eigenvalue weighted by Crippen LogP contribution is 2.59. The summed E-state index contributed by atoms with van der Waals surface area (Å²) in [6.45, 7) is 2.55. The lowest BCUT2D eigenvalue weighted by molar-refractivity contribution is 0.0458. The molecule has 2 aliphatic rings. The zero-order valence-electron chi connectivity index (χ0n) is 16.8. The van der Waals surface area contributed by atoms with Gasteiger partial charge in [0.2, 0.25) is 0 Å². The van der Waals surface area contributed by atoms with Crippen molar-refractivity contribution in [3.05, 3.63) is 35.7 Å². The quantitative estimate of drug-likeness (QED) is 0.776. The second kappa shape index (κ2) is 7.26. The van der Waals surface area contributed by atoms with Crippen LogP contribution in [0.3, 0.4) is 0 Å². The van der Waals surface area contributed by atoms with Crippen molar-refractivity contribution in [1.82, 2.24) is 14.7 Å². The Morgan fingerprint density at radius 3 is 2.47 bits per heavy atom. The van der Waals surface area contributed by atoms with E-state index in [1.54, 1.807) is 10.9 Å². The zero-order valence-corrected chi connectivity index (χ0v) is 16.8. The fourth-order valence-electron chi connectivity index (χ4n) is 3.89. The molecule has 1 aliphatic carbocycles. The number of fused-ring (bicyclic) bond motifs is 1. The number of nitrogens with one attached hydrogen (secondary N) is 1. The van der Waals surface area contributed by atoms with E-state index in [4.69, 9.17) is 9.47 Å². The van der Waals surface area contributed by atoms with Gasteiger partial charge in [0.05, 0.1) is 43.5 Å². The number of hydrogen-bond donors (Lipinski definition) is 1. The molecule has 1 saturated heterocycles. The third-order valence-corrected chi connectivity index (χ3v) is 5.68. The smallest absolute Gasteiger partial charge is 0.258 e. The third kappa shape index (κ3) is 3.25. The highest BCUT2D eigenvalue weighted by molar-refractivity contribution is 6.06. The number of methoxy groups -OCH3 is 2. The minimum Gasteiger partial charge on any atom is -0.493 e. The van der Waals surface area contributed by atoms with E-state index in [2.05, 4.69) is 10.4 Å². The molecule has 1 aromatic carbocycles. The minimum absolute atomic E-state index is 0.0166. The van der Waals surface area contributed by atoms with Gasteiger partial charge in [0.15, 0.2) is 11.5 Å². The van der Waals surface area contributed by atoms with Crippen LogP contribution < -0.4 is 14.8 Å². The van der Waals surface area contributed by atoms with E-state index in [1.165, 1.54) is 37.4 Å². The maximum Gasteiger partial charge on any atom is 0.258 e. The normalized spacial score (nSPS) is 21.2. The lowest BCUT2D eigenvalue weighted by Gasteiger charge is -2.21. The number of aryl methyl sites for hydroxylation is 1. The molecule has 1 saturated carbocycles. The van der Waals surface area contributed by atoms with Crippen LogP contribution in [0.15, 0.2) is 24.5 Å². The first-order valence-corrected chi connectivity index (χ1v) is 9.57. The van der Waals surface area contributed by atoms with Gasteiger partial charge in [-0.3, -0.25) is 14.3 Å². The second-order valence-electron chi connectivity index (χ2n) is 7.40. The molecule has 1 aromatic heterocycles. The molecule has 0 bridgehead atoms. The van der Waals surface area contributed by atoms with Crippen molar-refractivity contribution in [3.63, 3.8) is 0 Å². The number of halogens is 2. The molecule has 2 unspecified atom stereocenters. The Kier molecular flexibility index (Phi) is 4.87. The summed E-state index contributed by atoms with van der Waals surface area (Å²) < 4.78 is 39.2. The van der Waals surface area contributed by atoms with E-state index in [0.717, 1.165) is 0 Å². The number of ether oxygens (including phenoxy) is 2. The minimum atomic E-state index is -2.67. The fourth-order valence-corrected chi connectivity index (χ4v) is 3.89. The Morgan fingerprint density at radius 2 is 1.90 bits per heavy atom. The number of amides is 2. The number of likely N-dealkylation sites (tertiary alicyclic amines) is 1. The van der Waals surface area contributed by atoms with Gasteiger partial charge in [0.25, 0.3) is 17.7 Å². The molecule has 2 fully saturated rings. The van der Waals surface area contributed by atoms with Crippen LogP contribution >= 0.6 is 0 Å². The molecular weight excluding hydrogens is 398 g/mol. The van der Waals surface area contributed by atoms with E-state index >= 15 is 0 Å². The Morgan fingerprint density at radius 1 is 1.20 bits per heavy atom. The van der Waals surface area contributed by atoms with Crippen LogP contribution in [0.1, 0.15) is 27.6 Å². The van der Waals surface area contributed by atoms with Crippen molar-refractivity contribution in [3.8, 4) is 11.5 Å². The van der Waals surface area contributed by atoms with Gasteiger partial charge in [-0.05, 0) is 19.1 Å². The van der Waals surface area contributed by atoms with Gasteiger partial charge in [0.1, 0.15) is 0 Å². The zero-order chi connectivity index (χ0) is 21.6. The molecule has 2 heterocycles. The van der Waals surface area contributed by atoms with Crippen LogP contribution in [-0.4, -0.2) is 59.7 Å². The van der Waals surface area contributed by atoms with E-state index in [1.807, 2.05) is 6.92 Å². The highest BCUT2D eigenvalue weighted by atomic mass is 19.3. The second-order valence-corrected chi connectivity index (χ2v) is 7.40. The van der Waals surface area contributed by atoms with Crippen molar-refractivity contribution in [2.45, 2.75) is 19.4 Å². The van der Waals surface area contributed by atoms with E-state index < -0.39 is 29.6 Å². The molecule has 0 radical (unpaired) electrons. The summed E-state index contributed by atoms with van der Waals surface area (Å²) in [6, 6.07) is 2.95. The first-order valence-electron chi connectivity index (χ1n) is 9.57. The molecule has 0 spiro atoms. The van der Waals surface area contributed by atoms with Crippen LogP contribution in [0.2, 0.25) is 0 Å². The number of carbonyl (C=O) groups is 2. The van der Waals surface area contributed by atoms with Crippen molar-refractivity contribution in [2.75, 3.05) is 32.6 Å². The number of alkyl halides is 2. The van der Waals surface area contributed by atoms with Crippen LogP contribution in [0, 0.1) is 11.8 Å². The Hall–Kier alpha value is -3.17. The summed E-state index contributed by atoms with van der Waals surface area (Å²) in [5.74, 6) is -4.53. The lowest BCUT2D eigenvalue weighted by Crippen LogP contribution is -2.33. The summed E-state index contributed by atoms with van der Waals surface area (Å²) in [7, 11) is 2.83. The SMILES string of the molecule is CCn1cc(C(=O)Nc2cc(C(=O)N3CC4C(C3)C4(F)F)cc(OC)c2OC)cn1. The fraction of sp³-hybridized carbons (Fsp3) is 0.450. The molecule has 1 N–H and O–H groups in total. The average Bonchev–Trinajstić information content (AvgIpc) is 3.21. The van der Waals surface area contributed by atoms with E-state index in [0.29, 0.717) is 12.1 Å². The highest BCUT2D eigenvalue weighted by Gasteiger charge is 2.72. The summed E-state index contributed by atoms with van der Waals surface area (Å²) >= 11 is 0. The standard InChI is InChI=1S/C20H22F2N4O4/c1-4-26-8-12(7-23-26)18(27)24-15-5-11(6-16(29-2)17(15)30-3)19(28)25-9-13-14(10-25)20(13,21)22/h5-8,13-14H,4,9-10H2,1-3H3,(H,24,27). The Labute approximate surface area is 171 Å². The number of aromatic nitrogens is 2. The van der Waals surface area contributed by atoms with Gasteiger partial charge < -0.3 is 19.7 Å². The third-order valence-electron chi connectivity index (χ3n) is 5.68. The van der Waals surface area contributed by atoms with Crippen LogP contribution in [0.4, 0.5) is 14.5 Å². The monoisotopic (exact) mass is 420 g/mol. The lowest BCUT2D eigenvalue weighted by atomic mass is 10.1. The van der Waals surface area contributed by atoms with Crippen molar-refractivity contribution < 1.29 is 27.8 Å². The number of nitrogens with zero attached hydrogens (tertiary/aromatic N) is 3. The molecule has 2 amide bonds. The number of anilines is 1. The van der Waals surface area contributed by atoms with Gasteiger partial charge in [-0.15, -0.1) is 0 Å². The number of benzene rings is 1. The first-order chi connectivity index (χ1) is 14.3. The summed E-state index contributed by atoms with van der Waals surface area (Å²) in [5.41, 5.74) is 0.803. The molecule has 4 rings (SSSR count). The first kappa shape index (κ1) is 20.1. The van der Waals surface area contributed by atoms with Gasteiger partial charge in [0, 0.05) is 31.4 Å². The van der Waals surface area contributed by atoms with Gasteiger partial charge in [-0.1, -0.05) is 0 Å². The van der Waals surface area contributed by atoms with Crippen molar-refractivity contribution >= 4 is 17.5 Å². The predicted octanol–water partition coefficient (Wildman–Crippen LogP) is 2.51. The Bertz CT molecular complexity index is 993. The molecule has 8 nitrogen and oxygen atoms in total. The molecule has 30 heavy (non-hydrogen) atoms. The molecule has 1 aliphatic heterocycles. The molecular formula is C20H22F2N4O4. The average molecular weight is 420 g/mol. The number of piperidine rings is 1. The topological polar surface area (TPSA) is 85.7 Å². The van der Waals surface area contributed by atoms with E-state index in [-0.39, 0.29) is 35.8 Å². The van der Waals surface area contributed by atoms with Crippen LogP contribution in [-0.2, 0) is 6.54 Å². The maximum atomic E-state index is 13.5. The van der Waals surface area contributed by atoms with Crippen LogP contribution in [0.25, 0.3) is 0 Å². The maximum absolute atomic E-state index is 13.5. The van der Waals surface area contributed by atoms with Gasteiger partial charge in [-0.25, -0.2) is 8.78 Å². The van der Waals surface area contributed by atoms with E-state index in [9.17, 15) is 18.4 Å². The summed E-state index contributed by atoms with van der Waals surface area (Å²) in [6.07, 6.45) is 3.04. The molecule has 160 valence electrons.